The molecule has 0 fully saturated rings. The Bertz CT molecular complexity index is 470. The molecule has 0 aliphatic carbocycles. The van der Waals surface area contributed by atoms with Gasteiger partial charge >= 0.3 is 11.9 Å². The first kappa shape index (κ1) is 30.3. The molecule has 1 N–H and O–H groups in total. The SMILES string of the molecule is CCC(=O)O.CCCCCCCCCCCCCCC=CC=CN=CCC(=O)OC. The summed E-state index contributed by atoms with van der Waals surface area (Å²) in [4.78, 5) is 24.2. The van der Waals surface area contributed by atoms with Crippen LogP contribution in [0.4, 0.5) is 0 Å². The van der Waals surface area contributed by atoms with E-state index in [0.717, 1.165) is 6.42 Å². The second kappa shape index (κ2) is 27.1. The number of ether oxygens (including phenoxy) is 1. The summed E-state index contributed by atoms with van der Waals surface area (Å²) in [6.07, 6.45) is 27.6. The van der Waals surface area contributed by atoms with Gasteiger partial charge in [-0.1, -0.05) is 96.6 Å². The van der Waals surface area contributed by atoms with Crippen molar-refractivity contribution in [2.75, 3.05) is 7.11 Å². The average Bonchev–Trinajstić information content (AvgIpc) is 2.75. The maximum absolute atomic E-state index is 10.8. The summed E-state index contributed by atoms with van der Waals surface area (Å²) in [5, 5.41) is 7.72. The number of carbonyl (C=O) groups excluding carboxylic acids is 1. The van der Waals surface area contributed by atoms with Crippen LogP contribution in [0.1, 0.15) is 110 Å². The molecular weight excluding hydrogens is 378 g/mol. The number of esters is 1. The Kier molecular flexibility index (Phi) is 27.3. The van der Waals surface area contributed by atoms with Gasteiger partial charge in [0.05, 0.1) is 13.5 Å². The van der Waals surface area contributed by atoms with Crippen molar-refractivity contribution in [2.45, 2.75) is 110 Å². The molecule has 0 saturated heterocycles. The molecule has 0 amide bonds. The van der Waals surface area contributed by atoms with Gasteiger partial charge < -0.3 is 9.84 Å². The standard InChI is InChI=1S/C22H39NO2.C3H6O2/c1-3-4-5-6-7-8-9-10-11-12-13-14-15-16-17-18-20-23-21-19-22(24)25-2;1-2-3(4)5/h16-18,20-21H,3-15,19H2,1-2H3;2H2,1H3,(H,4,5). The van der Waals surface area contributed by atoms with E-state index in [2.05, 4.69) is 22.7 Å². The number of unbranched alkanes of at least 4 members (excludes halogenated alkanes) is 12. The maximum atomic E-state index is 10.8. The lowest BCUT2D eigenvalue weighted by Crippen LogP contribution is -1.99. The van der Waals surface area contributed by atoms with Gasteiger partial charge in [0.15, 0.2) is 0 Å². The molecule has 0 aliphatic rings. The first-order valence-corrected chi connectivity index (χ1v) is 11.7. The number of allylic oxidation sites excluding steroid dienone is 3. The van der Waals surface area contributed by atoms with Gasteiger partial charge in [0.25, 0.3) is 0 Å². The molecule has 30 heavy (non-hydrogen) atoms. The minimum absolute atomic E-state index is 0.222. The molecule has 0 aromatic rings. The van der Waals surface area contributed by atoms with Crippen molar-refractivity contribution in [3.05, 3.63) is 24.4 Å². The van der Waals surface area contributed by atoms with Gasteiger partial charge in [-0.05, 0) is 18.9 Å². The van der Waals surface area contributed by atoms with Crippen molar-refractivity contribution in [3.63, 3.8) is 0 Å². The second-order valence-corrected chi connectivity index (χ2v) is 7.31. The van der Waals surface area contributed by atoms with Crippen molar-refractivity contribution in [2.24, 2.45) is 4.99 Å². The predicted octanol–water partition coefficient (Wildman–Crippen LogP) is 7.26. The highest BCUT2D eigenvalue weighted by Gasteiger charge is 1.93. The number of hydrogen-bond acceptors (Lipinski definition) is 4. The molecule has 0 spiro atoms. The fraction of sp³-hybridized carbons (Fsp3) is 0.720. The van der Waals surface area contributed by atoms with Gasteiger partial charge in [-0.2, -0.15) is 0 Å². The molecule has 0 atom stereocenters. The summed E-state index contributed by atoms with van der Waals surface area (Å²) in [7, 11) is 1.38. The van der Waals surface area contributed by atoms with Crippen molar-refractivity contribution in [1.82, 2.24) is 0 Å². The Labute approximate surface area is 184 Å². The maximum Gasteiger partial charge on any atom is 0.310 e. The van der Waals surface area contributed by atoms with Crippen LogP contribution in [0, 0.1) is 0 Å². The highest BCUT2D eigenvalue weighted by atomic mass is 16.5. The number of methoxy groups -OCH3 is 1. The Morgan fingerprint density at radius 3 is 1.80 bits per heavy atom. The lowest BCUT2D eigenvalue weighted by atomic mass is 10.0. The monoisotopic (exact) mass is 423 g/mol. The quantitative estimate of drug-likeness (QED) is 0.109. The molecule has 5 nitrogen and oxygen atoms in total. The van der Waals surface area contributed by atoms with Crippen LogP contribution in [-0.4, -0.2) is 30.4 Å². The first-order chi connectivity index (χ1) is 14.6. The minimum atomic E-state index is -0.745. The van der Waals surface area contributed by atoms with Gasteiger partial charge in [-0.15, -0.1) is 0 Å². The van der Waals surface area contributed by atoms with Crippen LogP contribution >= 0.6 is 0 Å². The van der Waals surface area contributed by atoms with E-state index in [4.69, 9.17) is 5.11 Å². The summed E-state index contributed by atoms with van der Waals surface area (Å²) in [5.74, 6) is -1.01. The van der Waals surface area contributed by atoms with Crippen LogP contribution in [0.5, 0.6) is 0 Å². The largest absolute Gasteiger partial charge is 0.481 e. The number of carbonyl (C=O) groups is 2. The molecule has 0 aromatic carbocycles. The van der Waals surface area contributed by atoms with Crippen molar-refractivity contribution in [1.29, 1.82) is 0 Å². The Morgan fingerprint density at radius 1 is 0.833 bits per heavy atom. The molecule has 0 heterocycles. The van der Waals surface area contributed by atoms with Crippen LogP contribution in [0.2, 0.25) is 0 Å². The Balaban J connectivity index is 0. The third-order valence-electron chi connectivity index (χ3n) is 4.54. The van der Waals surface area contributed by atoms with E-state index < -0.39 is 5.97 Å². The number of aliphatic carboxylic acids is 1. The van der Waals surface area contributed by atoms with Crippen molar-refractivity contribution in [3.8, 4) is 0 Å². The zero-order chi connectivity index (χ0) is 22.7. The topological polar surface area (TPSA) is 76.0 Å². The zero-order valence-electron chi connectivity index (χ0n) is 19.6. The van der Waals surface area contributed by atoms with Crippen LogP contribution in [0.15, 0.2) is 29.4 Å². The highest BCUT2D eigenvalue weighted by Crippen LogP contribution is 2.12. The number of carboxylic acid groups (broad SMARTS) is 1. The Hall–Kier alpha value is -1.91. The van der Waals surface area contributed by atoms with E-state index in [1.807, 2.05) is 12.2 Å². The molecule has 0 bridgehead atoms. The van der Waals surface area contributed by atoms with Gasteiger partial charge in [-0.3, -0.25) is 14.6 Å². The van der Waals surface area contributed by atoms with Crippen LogP contribution < -0.4 is 0 Å². The van der Waals surface area contributed by atoms with Crippen LogP contribution in [-0.2, 0) is 14.3 Å². The van der Waals surface area contributed by atoms with E-state index >= 15 is 0 Å². The summed E-state index contributed by atoms with van der Waals surface area (Å²) in [6.45, 7) is 3.87. The van der Waals surface area contributed by atoms with E-state index in [1.54, 1.807) is 19.3 Å². The number of rotatable bonds is 18. The second-order valence-electron chi connectivity index (χ2n) is 7.31. The molecule has 174 valence electrons. The van der Waals surface area contributed by atoms with Crippen molar-refractivity contribution < 1.29 is 19.4 Å². The first-order valence-electron chi connectivity index (χ1n) is 11.7. The number of carboxylic acids is 1. The van der Waals surface area contributed by atoms with E-state index in [9.17, 15) is 9.59 Å². The average molecular weight is 424 g/mol. The van der Waals surface area contributed by atoms with E-state index in [1.165, 1.54) is 84.2 Å². The van der Waals surface area contributed by atoms with Gasteiger partial charge in [-0.25, -0.2) is 0 Å². The highest BCUT2D eigenvalue weighted by molar-refractivity contribution is 5.85. The Morgan fingerprint density at radius 2 is 1.33 bits per heavy atom. The number of aliphatic imine (C=N–C) groups is 1. The smallest absolute Gasteiger partial charge is 0.310 e. The molecule has 0 radical (unpaired) electrons. The molecule has 5 heteroatoms. The van der Waals surface area contributed by atoms with Gasteiger partial charge in [0.2, 0.25) is 0 Å². The van der Waals surface area contributed by atoms with E-state index in [-0.39, 0.29) is 18.8 Å². The minimum Gasteiger partial charge on any atom is -0.481 e. The normalized spacial score (nSPS) is 11.2. The summed E-state index contributed by atoms with van der Waals surface area (Å²) in [5.41, 5.74) is 0. The third-order valence-corrected chi connectivity index (χ3v) is 4.54. The fourth-order valence-corrected chi connectivity index (χ4v) is 2.65. The summed E-state index contributed by atoms with van der Waals surface area (Å²) < 4.78 is 4.52. The number of nitrogens with zero attached hydrogens (tertiary/aromatic N) is 1. The number of hydrogen-bond donors (Lipinski definition) is 1. The summed E-state index contributed by atoms with van der Waals surface area (Å²) >= 11 is 0. The lowest BCUT2D eigenvalue weighted by molar-refractivity contribution is -0.139. The third kappa shape index (κ3) is 30.8. The molecule has 0 unspecified atom stereocenters. The fourth-order valence-electron chi connectivity index (χ4n) is 2.65. The molecule has 0 aromatic heterocycles. The van der Waals surface area contributed by atoms with Crippen molar-refractivity contribution >= 4 is 18.2 Å². The van der Waals surface area contributed by atoms with Gasteiger partial charge in [0.1, 0.15) is 0 Å². The van der Waals surface area contributed by atoms with Crippen LogP contribution in [0.3, 0.4) is 0 Å². The molecule has 0 aliphatic heterocycles. The van der Waals surface area contributed by atoms with E-state index in [0.29, 0.717) is 0 Å². The zero-order valence-corrected chi connectivity index (χ0v) is 19.6. The summed E-state index contributed by atoms with van der Waals surface area (Å²) in [6, 6.07) is 0. The van der Waals surface area contributed by atoms with Gasteiger partial charge in [0, 0.05) is 18.8 Å². The molecule has 0 rings (SSSR count). The molecule has 0 saturated carbocycles. The van der Waals surface area contributed by atoms with Crippen LogP contribution in [0.25, 0.3) is 0 Å². The molecular formula is C25H45NO4. The lowest BCUT2D eigenvalue weighted by Gasteiger charge is -2.02. The predicted molar refractivity (Wildman–Crippen MR) is 127 cm³/mol.